The third kappa shape index (κ3) is 5.30. The van der Waals surface area contributed by atoms with Crippen molar-refractivity contribution in [3.05, 3.63) is 90.2 Å². The highest BCUT2D eigenvalue weighted by Gasteiger charge is 2.29. The highest BCUT2D eigenvalue weighted by atomic mass is 32.2. The summed E-state index contributed by atoms with van der Waals surface area (Å²) in [5.74, 6) is -1.96. The number of esters is 1. The van der Waals surface area contributed by atoms with Crippen LogP contribution in [0.1, 0.15) is 17.3 Å². The van der Waals surface area contributed by atoms with Gasteiger partial charge in [0.05, 0.1) is 22.8 Å². The van der Waals surface area contributed by atoms with Gasteiger partial charge in [0.1, 0.15) is 12.4 Å². The Morgan fingerprint density at radius 2 is 1.56 bits per heavy atom. The lowest BCUT2D eigenvalue weighted by Gasteiger charge is -2.24. The normalized spacial score (nSPS) is 10.9. The van der Waals surface area contributed by atoms with Gasteiger partial charge in [-0.2, -0.15) is 0 Å². The second-order valence-electron chi connectivity index (χ2n) is 6.62. The molecule has 0 bridgehead atoms. The van der Waals surface area contributed by atoms with E-state index < -0.39 is 34.3 Å². The summed E-state index contributed by atoms with van der Waals surface area (Å²) in [6.07, 6.45) is 0. The Morgan fingerprint density at radius 3 is 2.19 bits per heavy atom. The Bertz CT molecular complexity index is 1200. The van der Waals surface area contributed by atoms with Crippen molar-refractivity contribution < 1.29 is 27.1 Å². The van der Waals surface area contributed by atoms with Crippen LogP contribution in [0.15, 0.2) is 83.8 Å². The van der Waals surface area contributed by atoms with Crippen molar-refractivity contribution in [2.24, 2.45) is 0 Å². The number of halogens is 1. The summed E-state index contributed by atoms with van der Waals surface area (Å²) in [4.78, 5) is 24.3. The summed E-state index contributed by atoms with van der Waals surface area (Å²) < 4.78 is 46.5. The minimum absolute atomic E-state index is 0.0742. The van der Waals surface area contributed by atoms with Gasteiger partial charge in [-0.15, -0.1) is 0 Å². The van der Waals surface area contributed by atoms with Gasteiger partial charge in [-0.3, -0.25) is 9.10 Å². The standard InChI is InChI=1S/C23H21FN2O5S/c1-2-31-23(28)17-12-14-18(15-13-17)25-22(27)16-26(21-11-7-6-10-20(21)24)32(29,30)19-8-4-3-5-9-19/h3-15H,2,16H2,1H3,(H,25,27). The maximum atomic E-state index is 14.5. The fourth-order valence-corrected chi connectivity index (χ4v) is 4.36. The molecule has 7 nitrogen and oxygen atoms in total. The zero-order valence-electron chi connectivity index (χ0n) is 17.2. The Balaban J connectivity index is 1.85. The molecule has 0 aliphatic heterocycles. The first kappa shape index (κ1) is 23.0. The van der Waals surface area contributed by atoms with Crippen LogP contribution in [0.25, 0.3) is 0 Å². The molecule has 0 heterocycles. The van der Waals surface area contributed by atoms with Crippen LogP contribution in [0.4, 0.5) is 15.8 Å². The third-order valence-corrected chi connectivity index (χ3v) is 6.19. The number of para-hydroxylation sites is 1. The van der Waals surface area contributed by atoms with Crippen molar-refractivity contribution in [2.45, 2.75) is 11.8 Å². The first-order valence-corrected chi connectivity index (χ1v) is 11.2. The van der Waals surface area contributed by atoms with Crippen LogP contribution in [-0.2, 0) is 19.6 Å². The highest BCUT2D eigenvalue weighted by molar-refractivity contribution is 7.92. The van der Waals surface area contributed by atoms with Gasteiger partial charge in [-0.1, -0.05) is 30.3 Å². The molecule has 0 atom stereocenters. The van der Waals surface area contributed by atoms with E-state index in [0.717, 1.165) is 10.4 Å². The van der Waals surface area contributed by atoms with E-state index in [1.54, 1.807) is 13.0 Å². The number of ether oxygens (including phenoxy) is 1. The molecule has 0 unspecified atom stereocenters. The van der Waals surface area contributed by atoms with Crippen molar-refractivity contribution >= 4 is 33.3 Å². The van der Waals surface area contributed by atoms with Crippen LogP contribution in [0.2, 0.25) is 0 Å². The zero-order chi connectivity index (χ0) is 23.1. The molecule has 0 aliphatic carbocycles. The van der Waals surface area contributed by atoms with E-state index in [1.807, 2.05) is 0 Å². The van der Waals surface area contributed by atoms with Crippen LogP contribution in [0, 0.1) is 5.82 Å². The summed E-state index contributed by atoms with van der Waals surface area (Å²) in [5, 5.41) is 2.56. The van der Waals surface area contributed by atoms with Gasteiger partial charge in [-0.05, 0) is 55.5 Å². The van der Waals surface area contributed by atoms with Gasteiger partial charge >= 0.3 is 5.97 Å². The molecule has 3 rings (SSSR count). The molecule has 3 aromatic rings. The Morgan fingerprint density at radius 1 is 0.938 bits per heavy atom. The first-order chi connectivity index (χ1) is 15.3. The molecule has 0 saturated heterocycles. The molecular formula is C23H21FN2O5S. The van der Waals surface area contributed by atoms with E-state index in [-0.39, 0.29) is 17.2 Å². The highest BCUT2D eigenvalue weighted by Crippen LogP contribution is 2.26. The maximum Gasteiger partial charge on any atom is 0.338 e. The number of carbonyl (C=O) groups excluding carboxylic acids is 2. The molecule has 0 saturated carbocycles. The van der Waals surface area contributed by atoms with Crippen LogP contribution in [0.3, 0.4) is 0 Å². The lowest BCUT2D eigenvalue weighted by Crippen LogP contribution is -2.38. The number of anilines is 2. The van der Waals surface area contributed by atoms with Gasteiger partial charge in [0, 0.05) is 5.69 Å². The molecule has 0 fully saturated rings. The fraction of sp³-hybridized carbons (Fsp3) is 0.130. The molecule has 9 heteroatoms. The average Bonchev–Trinajstić information content (AvgIpc) is 2.79. The maximum absolute atomic E-state index is 14.5. The lowest BCUT2D eigenvalue weighted by molar-refractivity contribution is -0.114. The molecule has 0 aliphatic rings. The molecule has 0 radical (unpaired) electrons. The summed E-state index contributed by atoms with van der Waals surface area (Å²) in [6, 6.07) is 18.7. The van der Waals surface area contributed by atoms with Crippen molar-refractivity contribution in [3.8, 4) is 0 Å². The Kier molecular flexibility index (Phi) is 7.21. The van der Waals surface area contributed by atoms with Crippen LogP contribution in [0.5, 0.6) is 0 Å². The second-order valence-corrected chi connectivity index (χ2v) is 8.48. The molecule has 1 amide bonds. The Hall–Kier alpha value is -3.72. The van der Waals surface area contributed by atoms with Crippen molar-refractivity contribution in [1.29, 1.82) is 0 Å². The van der Waals surface area contributed by atoms with Gasteiger partial charge in [0.25, 0.3) is 10.0 Å². The topological polar surface area (TPSA) is 92.8 Å². The quantitative estimate of drug-likeness (QED) is 0.520. The van der Waals surface area contributed by atoms with Crippen LogP contribution >= 0.6 is 0 Å². The number of nitrogens with zero attached hydrogens (tertiary/aromatic N) is 1. The van der Waals surface area contributed by atoms with Crippen molar-refractivity contribution in [1.82, 2.24) is 0 Å². The number of hydrogen-bond donors (Lipinski definition) is 1. The SMILES string of the molecule is CCOC(=O)c1ccc(NC(=O)CN(c2ccccc2F)S(=O)(=O)c2ccccc2)cc1. The van der Waals surface area contributed by atoms with Crippen LogP contribution in [-0.4, -0.2) is 33.4 Å². The lowest BCUT2D eigenvalue weighted by atomic mass is 10.2. The molecule has 0 aromatic heterocycles. The first-order valence-electron chi connectivity index (χ1n) is 9.72. The number of sulfonamides is 1. The van der Waals surface area contributed by atoms with E-state index in [1.165, 1.54) is 66.7 Å². The monoisotopic (exact) mass is 456 g/mol. The molecule has 166 valence electrons. The summed E-state index contributed by atoms with van der Waals surface area (Å²) in [6.45, 7) is 1.27. The second kappa shape index (κ2) is 10.1. The van der Waals surface area contributed by atoms with Gasteiger partial charge in [0.2, 0.25) is 5.91 Å². The van der Waals surface area contributed by atoms with Gasteiger partial charge in [0.15, 0.2) is 0 Å². The van der Waals surface area contributed by atoms with E-state index in [2.05, 4.69) is 5.32 Å². The minimum atomic E-state index is -4.22. The van der Waals surface area contributed by atoms with E-state index in [4.69, 9.17) is 4.74 Å². The summed E-state index contributed by atoms with van der Waals surface area (Å²) >= 11 is 0. The largest absolute Gasteiger partial charge is 0.462 e. The predicted molar refractivity (Wildman–Crippen MR) is 118 cm³/mol. The summed E-state index contributed by atoms with van der Waals surface area (Å²) in [5.41, 5.74) is 0.405. The minimum Gasteiger partial charge on any atom is -0.462 e. The number of benzene rings is 3. The summed E-state index contributed by atoms with van der Waals surface area (Å²) in [7, 11) is -4.22. The van der Waals surface area contributed by atoms with Crippen LogP contribution < -0.4 is 9.62 Å². The average molecular weight is 456 g/mol. The number of carbonyl (C=O) groups is 2. The number of hydrogen-bond acceptors (Lipinski definition) is 5. The van der Waals surface area contributed by atoms with Gasteiger partial charge in [-0.25, -0.2) is 17.6 Å². The Labute approximate surface area is 185 Å². The van der Waals surface area contributed by atoms with E-state index in [0.29, 0.717) is 11.3 Å². The van der Waals surface area contributed by atoms with Gasteiger partial charge < -0.3 is 10.1 Å². The van der Waals surface area contributed by atoms with Crippen molar-refractivity contribution in [3.63, 3.8) is 0 Å². The fourth-order valence-electron chi connectivity index (χ4n) is 2.91. The molecule has 0 spiro atoms. The number of rotatable bonds is 8. The smallest absolute Gasteiger partial charge is 0.338 e. The predicted octanol–water partition coefficient (Wildman–Crippen LogP) is 3.84. The number of amides is 1. The number of nitrogens with one attached hydrogen (secondary N) is 1. The van der Waals surface area contributed by atoms with Crippen molar-refractivity contribution in [2.75, 3.05) is 22.8 Å². The molecular weight excluding hydrogens is 435 g/mol. The molecule has 3 aromatic carbocycles. The molecule has 32 heavy (non-hydrogen) atoms. The zero-order valence-corrected chi connectivity index (χ0v) is 18.0. The van der Waals surface area contributed by atoms with E-state index in [9.17, 15) is 22.4 Å². The molecule has 1 N–H and O–H groups in total. The van der Waals surface area contributed by atoms with E-state index >= 15 is 0 Å². The third-order valence-electron chi connectivity index (χ3n) is 4.42.